The fourth-order valence-corrected chi connectivity index (χ4v) is 11.7. The Kier molecular flexibility index (Phi) is 14.5. The van der Waals surface area contributed by atoms with Crippen LogP contribution in [0.4, 0.5) is 0 Å². The highest BCUT2D eigenvalue weighted by atomic mass is 32.2. The SMILES string of the molecule is OCC(COCc1cccc(COCC(O)CSCC2SCCS2)c1)SCC1SCCS1. The van der Waals surface area contributed by atoms with Gasteiger partial charge in [-0.15, -0.1) is 47.0 Å². The van der Waals surface area contributed by atoms with Crippen LogP contribution in [0.15, 0.2) is 24.3 Å². The van der Waals surface area contributed by atoms with E-state index in [1.54, 1.807) is 0 Å². The van der Waals surface area contributed by atoms with Crippen molar-refractivity contribution in [1.82, 2.24) is 0 Å². The number of hydrogen-bond donors (Lipinski definition) is 2. The molecule has 2 fully saturated rings. The summed E-state index contributed by atoms with van der Waals surface area (Å²) >= 11 is 11.7. The third kappa shape index (κ3) is 11.3. The van der Waals surface area contributed by atoms with Crippen molar-refractivity contribution in [2.45, 2.75) is 33.7 Å². The summed E-state index contributed by atoms with van der Waals surface area (Å²) in [5.41, 5.74) is 2.20. The minimum Gasteiger partial charge on any atom is -0.395 e. The molecular weight excluding hydrogens is 521 g/mol. The molecule has 1 aromatic carbocycles. The molecule has 10 heteroatoms. The normalized spacial score (nSPS) is 19.6. The molecule has 1 aromatic rings. The van der Waals surface area contributed by atoms with Crippen molar-refractivity contribution in [2.24, 2.45) is 0 Å². The molecule has 2 N–H and O–H groups in total. The van der Waals surface area contributed by atoms with E-state index in [0.717, 1.165) is 28.4 Å². The van der Waals surface area contributed by atoms with Gasteiger partial charge in [-0.25, -0.2) is 0 Å². The van der Waals surface area contributed by atoms with Gasteiger partial charge in [0.2, 0.25) is 0 Å². The second kappa shape index (κ2) is 16.8. The van der Waals surface area contributed by atoms with Crippen molar-refractivity contribution < 1.29 is 19.7 Å². The van der Waals surface area contributed by atoms with E-state index in [-0.39, 0.29) is 11.9 Å². The van der Waals surface area contributed by atoms with Crippen molar-refractivity contribution in [3.63, 3.8) is 0 Å². The Morgan fingerprint density at radius 3 is 2.12 bits per heavy atom. The van der Waals surface area contributed by atoms with Crippen LogP contribution in [-0.2, 0) is 22.7 Å². The molecule has 2 aliphatic rings. The van der Waals surface area contributed by atoms with Gasteiger partial charge in [0, 0.05) is 40.3 Å². The number of benzene rings is 1. The van der Waals surface area contributed by atoms with Gasteiger partial charge in [0.15, 0.2) is 0 Å². The zero-order valence-electron chi connectivity index (χ0n) is 18.3. The number of hydrogen-bond acceptors (Lipinski definition) is 10. The van der Waals surface area contributed by atoms with E-state index >= 15 is 0 Å². The zero-order valence-corrected chi connectivity index (χ0v) is 23.2. The Hall–Kier alpha value is 1.16. The van der Waals surface area contributed by atoms with Gasteiger partial charge < -0.3 is 19.7 Å². The molecule has 2 unspecified atom stereocenters. The summed E-state index contributed by atoms with van der Waals surface area (Å²) in [5.74, 6) is 7.90. The van der Waals surface area contributed by atoms with Gasteiger partial charge in [0.25, 0.3) is 0 Å². The third-order valence-corrected chi connectivity index (χ3v) is 14.1. The van der Waals surface area contributed by atoms with E-state index < -0.39 is 6.10 Å². The topological polar surface area (TPSA) is 58.9 Å². The average molecular weight is 555 g/mol. The third-order valence-electron chi connectivity index (χ3n) is 4.76. The van der Waals surface area contributed by atoms with Crippen LogP contribution >= 0.6 is 70.6 Å². The molecule has 0 spiro atoms. The van der Waals surface area contributed by atoms with Crippen molar-refractivity contribution in [1.29, 1.82) is 0 Å². The molecule has 0 radical (unpaired) electrons. The van der Waals surface area contributed by atoms with Crippen LogP contribution in [-0.4, -0.2) is 90.8 Å². The van der Waals surface area contributed by atoms with Crippen LogP contribution in [0.1, 0.15) is 11.1 Å². The van der Waals surface area contributed by atoms with Gasteiger partial charge in [0.05, 0.1) is 53.6 Å². The molecule has 2 heterocycles. The lowest BCUT2D eigenvalue weighted by Gasteiger charge is -2.16. The Morgan fingerprint density at radius 2 is 1.50 bits per heavy atom. The highest BCUT2D eigenvalue weighted by Gasteiger charge is 2.19. The van der Waals surface area contributed by atoms with Gasteiger partial charge in [-0.1, -0.05) is 24.3 Å². The summed E-state index contributed by atoms with van der Waals surface area (Å²) in [6, 6.07) is 8.22. The largest absolute Gasteiger partial charge is 0.395 e. The highest BCUT2D eigenvalue weighted by Crippen LogP contribution is 2.35. The Bertz CT molecular complexity index is 628. The number of aliphatic hydroxyl groups excluding tert-OH is 2. The van der Waals surface area contributed by atoms with Gasteiger partial charge in [0.1, 0.15) is 0 Å². The Balaban J connectivity index is 1.26. The molecule has 0 aliphatic carbocycles. The predicted octanol–water partition coefficient (Wildman–Crippen LogP) is 4.52. The molecule has 182 valence electrons. The van der Waals surface area contributed by atoms with Crippen LogP contribution in [0, 0.1) is 0 Å². The second-order valence-electron chi connectivity index (χ2n) is 7.52. The van der Waals surface area contributed by atoms with E-state index in [2.05, 4.69) is 12.1 Å². The first-order valence-corrected chi connectivity index (χ1v) is 17.3. The first-order chi connectivity index (χ1) is 15.7. The maximum absolute atomic E-state index is 10.2. The predicted molar refractivity (Wildman–Crippen MR) is 150 cm³/mol. The molecule has 2 aliphatic heterocycles. The summed E-state index contributed by atoms with van der Waals surface area (Å²) < 4.78 is 13.0. The standard InChI is InChI=1S/C22H34O4S6/c23-9-20(32-16-22-30-6-7-31-22)13-26-11-18-3-1-2-17(8-18)10-25-12-19(24)14-27-15-21-28-4-5-29-21/h1-3,8,19-24H,4-7,9-16H2. The molecular formula is C22H34O4S6. The second-order valence-corrected chi connectivity index (χ2v) is 15.8. The monoisotopic (exact) mass is 554 g/mol. The van der Waals surface area contributed by atoms with E-state index in [1.807, 2.05) is 82.7 Å². The smallest absolute Gasteiger partial charge is 0.0863 e. The Morgan fingerprint density at radius 1 is 0.906 bits per heavy atom. The molecule has 0 aromatic heterocycles. The summed E-state index contributed by atoms with van der Waals surface area (Å²) in [5, 5.41) is 19.9. The molecule has 4 nitrogen and oxygen atoms in total. The lowest BCUT2D eigenvalue weighted by molar-refractivity contribution is 0.0397. The van der Waals surface area contributed by atoms with Gasteiger partial charge in [-0.3, -0.25) is 0 Å². The number of rotatable bonds is 16. The Labute approximate surface area is 218 Å². The van der Waals surface area contributed by atoms with Gasteiger partial charge in [-0.2, -0.15) is 23.5 Å². The summed E-state index contributed by atoms with van der Waals surface area (Å²) in [4.78, 5) is 0. The minimum absolute atomic E-state index is 0.133. The van der Waals surface area contributed by atoms with Crippen LogP contribution < -0.4 is 0 Å². The van der Waals surface area contributed by atoms with Crippen LogP contribution in [0.2, 0.25) is 0 Å². The summed E-state index contributed by atoms with van der Waals surface area (Å²) in [7, 11) is 0. The van der Waals surface area contributed by atoms with E-state index in [9.17, 15) is 10.2 Å². The molecule has 2 saturated heterocycles. The first-order valence-electron chi connectivity index (χ1n) is 10.9. The fraction of sp³-hybridized carbons (Fsp3) is 0.727. The molecule has 3 rings (SSSR count). The fourth-order valence-electron chi connectivity index (χ4n) is 3.15. The molecule has 32 heavy (non-hydrogen) atoms. The highest BCUT2D eigenvalue weighted by molar-refractivity contribution is 8.21. The van der Waals surface area contributed by atoms with Crippen LogP contribution in [0.5, 0.6) is 0 Å². The number of ether oxygens (including phenoxy) is 2. The minimum atomic E-state index is -0.420. The lowest BCUT2D eigenvalue weighted by Crippen LogP contribution is -2.19. The van der Waals surface area contributed by atoms with Crippen molar-refractivity contribution >= 4 is 70.6 Å². The first kappa shape index (κ1) is 27.7. The van der Waals surface area contributed by atoms with Crippen molar-refractivity contribution in [3.8, 4) is 0 Å². The van der Waals surface area contributed by atoms with E-state index in [4.69, 9.17) is 9.47 Å². The zero-order chi connectivity index (χ0) is 22.4. The number of aliphatic hydroxyl groups is 2. The maximum atomic E-state index is 10.2. The average Bonchev–Trinajstić information content (AvgIpc) is 3.51. The van der Waals surface area contributed by atoms with E-state index in [0.29, 0.717) is 35.6 Å². The van der Waals surface area contributed by atoms with E-state index in [1.165, 1.54) is 23.0 Å². The number of thioether (sulfide) groups is 6. The molecule has 0 bridgehead atoms. The summed E-state index contributed by atoms with van der Waals surface area (Å²) in [6.07, 6.45) is -0.420. The van der Waals surface area contributed by atoms with Crippen LogP contribution in [0.25, 0.3) is 0 Å². The van der Waals surface area contributed by atoms with Crippen LogP contribution in [0.3, 0.4) is 0 Å². The molecule has 0 saturated carbocycles. The van der Waals surface area contributed by atoms with Crippen molar-refractivity contribution in [3.05, 3.63) is 35.4 Å². The molecule has 2 atom stereocenters. The maximum Gasteiger partial charge on any atom is 0.0863 e. The quantitative estimate of drug-likeness (QED) is 0.305. The molecule has 0 amide bonds. The summed E-state index contributed by atoms with van der Waals surface area (Å²) in [6.45, 7) is 2.11. The van der Waals surface area contributed by atoms with Gasteiger partial charge >= 0.3 is 0 Å². The van der Waals surface area contributed by atoms with Crippen molar-refractivity contribution in [2.75, 3.05) is 60.1 Å². The van der Waals surface area contributed by atoms with Gasteiger partial charge in [-0.05, 0) is 11.1 Å². The lowest BCUT2D eigenvalue weighted by atomic mass is 10.1.